The molecule has 0 saturated carbocycles. The lowest BCUT2D eigenvalue weighted by Gasteiger charge is -2.16. The molecule has 1 amide bonds. The highest BCUT2D eigenvalue weighted by atomic mass is 32.2. The van der Waals surface area contributed by atoms with Crippen LogP contribution < -0.4 is 5.32 Å². The molecule has 1 N–H and O–H groups in total. The Labute approximate surface area is 148 Å². The molecule has 4 nitrogen and oxygen atoms in total. The molecule has 1 heterocycles. The fourth-order valence-electron chi connectivity index (χ4n) is 2.35. The van der Waals surface area contributed by atoms with Crippen LogP contribution in [0.1, 0.15) is 49.2 Å². The number of rotatable bonds is 5. The summed E-state index contributed by atoms with van der Waals surface area (Å²) < 4.78 is 0. The molecular weight excluding hydrogens is 318 g/mol. The van der Waals surface area contributed by atoms with Crippen LogP contribution in [0, 0.1) is 20.8 Å². The molecule has 1 aromatic heterocycles. The van der Waals surface area contributed by atoms with Gasteiger partial charge in [-0.1, -0.05) is 43.8 Å². The maximum Gasteiger partial charge on any atom is 0.237 e. The van der Waals surface area contributed by atoms with E-state index >= 15 is 0 Å². The van der Waals surface area contributed by atoms with E-state index in [0.717, 1.165) is 28.2 Å². The summed E-state index contributed by atoms with van der Waals surface area (Å²) in [4.78, 5) is 21.5. The fraction of sp³-hybridized carbons (Fsp3) is 0.421. The van der Waals surface area contributed by atoms with Gasteiger partial charge in [-0.05, 0) is 50.8 Å². The summed E-state index contributed by atoms with van der Waals surface area (Å²) in [5.41, 5.74) is 5.04. The summed E-state index contributed by atoms with van der Waals surface area (Å²) in [6, 6.07) is 7.93. The minimum absolute atomic E-state index is 0.0346. The molecule has 128 valence electrons. The van der Waals surface area contributed by atoms with Gasteiger partial charge in [0.1, 0.15) is 0 Å². The number of aromatic nitrogens is 2. The van der Waals surface area contributed by atoms with E-state index in [9.17, 15) is 4.79 Å². The number of aryl methyl sites for hydroxylation is 2. The van der Waals surface area contributed by atoms with Crippen LogP contribution in [0.25, 0.3) is 0 Å². The molecule has 1 atom stereocenters. The molecule has 2 rings (SSSR count). The van der Waals surface area contributed by atoms with Crippen LogP contribution in [0.15, 0.2) is 29.4 Å². The summed E-state index contributed by atoms with van der Waals surface area (Å²) >= 11 is 1.39. The first-order valence-corrected chi connectivity index (χ1v) is 9.05. The average molecular weight is 343 g/mol. The van der Waals surface area contributed by atoms with Crippen molar-refractivity contribution in [1.29, 1.82) is 0 Å². The van der Waals surface area contributed by atoms with Gasteiger partial charge in [-0.25, -0.2) is 9.97 Å². The van der Waals surface area contributed by atoms with Crippen LogP contribution in [0.4, 0.5) is 5.69 Å². The number of benzene rings is 1. The van der Waals surface area contributed by atoms with Gasteiger partial charge in [0.05, 0.1) is 5.25 Å². The van der Waals surface area contributed by atoms with Crippen molar-refractivity contribution in [3.05, 3.63) is 46.8 Å². The topological polar surface area (TPSA) is 54.9 Å². The van der Waals surface area contributed by atoms with E-state index in [2.05, 4.69) is 29.1 Å². The zero-order chi connectivity index (χ0) is 17.9. The molecular formula is C19H25N3OS. The van der Waals surface area contributed by atoms with E-state index in [4.69, 9.17) is 0 Å². The Hall–Kier alpha value is -1.88. The molecule has 5 heteroatoms. The zero-order valence-electron chi connectivity index (χ0n) is 15.2. The van der Waals surface area contributed by atoms with Crippen molar-refractivity contribution in [3.63, 3.8) is 0 Å². The van der Waals surface area contributed by atoms with Gasteiger partial charge in [-0.3, -0.25) is 4.79 Å². The van der Waals surface area contributed by atoms with E-state index in [1.807, 2.05) is 52.0 Å². The van der Waals surface area contributed by atoms with E-state index in [1.54, 1.807) is 0 Å². The van der Waals surface area contributed by atoms with E-state index in [1.165, 1.54) is 11.8 Å². The molecule has 24 heavy (non-hydrogen) atoms. The fourth-order valence-corrected chi connectivity index (χ4v) is 3.22. The summed E-state index contributed by atoms with van der Waals surface area (Å²) in [7, 11) is 0. The SMILES string of the molecule is Cc1nc(S[C@H](C)C(=O)Nc2ccccc2C(C)C)nc(C)c1C. The molecule has 1 aromatic carbocycles. The van der Waals surface area contributed by atoms with Crippen molar-refractivity contribution in [1.82, 2.24) is 9.97 Å². The van der Waals surface area contributed by atoms with Gasteiger partial charge in [0, 0.05) is 17.1 Å². The Morgan fingerprint density at radius 2 is 1.62 bits per heavy atom. The first kappa shape index (κ1) is 18.5. The van der Waals surface area contributed by atoms with Gasteiger partial charge in [-0.15, -0.1) is 0 Å². The Bertz CT molecular complexity index is 720. The number of hydrogen-bond donors (Lipinski definition) is 1. The third-order valence-electron chi connectivity index (χ3n) is 4.10. The van der Waals surface area contributed by atoms with Crippen molar-refractivity contribution in [2.45, 2.75) is 57.9 Å². The Balaban J connectivity index is 2.11. The van der Waals surface area contributed by atoms with E-state index in [-0.39, 0.29) is 11.2 Å². The van der Waals surface area contributed by atoms with Crippen molar-refractivity contribution >= 4 is 23.4 Å². The summed E-state index contributed by atoms with van der Waals surface area (Å²) in [6.45, 7) is 12.1. The predicted octanol–water partition coefficient (Wildman–Crippen LogP) is 4.64. The highest BCUT2D eigenvalue weighted by molar-refractivity contribution is 8.00. The maximum absolute atomic E-state index is 12.5. The highest BCUT2D eigenvalue weighted by Gasteiger charge is 2.18. The molecule has 0 saturated heterocycles. The van der Waals surface area contributed by atoms with Crippen molar-refractivity contribution < 1.29 is 4.79 Å². The number of thioether (sulfide) groups is 1. The van der Waals surface area contributed by atoms with E-state index < -0.39 is 0 Å². The number of carbonyl (C=O) groups is 1. The van der Waals surface area contributed by atoms with Crippen LogP contribution >= 0.6 is 11.8 Å². The third kappa shape index (κ3) is 4.35. The number of nitrogens with zero attached hydrogens (tertiary/aromatic N) is 2. The monoisotopic (exact) mass is 343 g/mol. The maximum atomic E-state index is 12.5. The smallest absolute Gasteiger partial charge is 0.237 e. The van der Waals surface area contributed by atoms with Gasteiger partial charge in [0.15, 0.2) is 5.16 Å². The molecule has 0 spiro atoms. The summed E-state index contributed by atoms with van der Waals surface area (Å²) in [5, 5.41) is 3.41. The number of anilines is 1. The quantitative estimate of drug-likeness (QED) is 0.634. The average Bonchev–Trinajstić information content (AvgIpc) is 2.52. The van der Waals surface area contributed by atoms with Gasteiger partial charge in [0.2, 0.25) is 5.91 Å². The Kier molecular flexibility index (Phi) is 5.99. The summed E-state index contributed by atoms with van der Waals surface area (Å²) in [6.07, 6.45) is 0. The minimum atomic E-state index is -0.272. The molecule has 0 unspecified atom stereocenters. The standard InChI is InChI=1S/C19H25N3OS/c1-11(2)16-9-7-8-10-17(16)22-18(23)15(6)24-19-20-13(4)12(3)14(5)21-19/h7-11,15H,1-6H3,(H,22,23)/t15-/m1/s1. The predicted molar refractivity (Wildman–Crippen MR) is 101 cm³/mol. The van der Waals surface area contributed by atoms with Gasteiger partial charge in [0.25, 0.3) is 0 Å². The first-order valence-electron chi connectivity index (χ1n) is 8.18. The second kappa shape index (κ2) is 7.79. The lowest BCUT2D eigenvalue weighted by atomic mass is 10.0. The van der Waals surface area contributed by atoms with Crippen LogP contribution in [0.5, 0.6) is 0 Å². The summed E-state index contributed by atoms with van der Waals surface area (Å²) in [5.74, 6) is 0.322. The molecule has 0 fully saturated rings. The normalized spacial score (nSPS) is 12.3. The number of nitrogens with one attached hydrogen (secondary N) is 1. The number of carbonyl (C=O) groups excluding carboxylic acids is 1. The third-order valence-corrected chi connectivity index (χ3v) is 5.07. The number of para-hydroxylation sites is 1. The van der Waals surface area contributed by atoms with Crippen LogP contribution in [-0.2, 0) is 4.79 Å². The van der Waals surface area contributed by atoms with Crippen LogP contribution in [0.3, 0.4) is 0 Å². The zero-order valence-corrected chi connectivity index (χ0v) is 16.0. The van der Waals surface area contributed by atoms with Gasteiger partial charge in [-0.2, -0.15) is 0 Å². The number of hydrogen-bond acceptors (Lipinski definition) is 4. The Morgan fingerprint density at radius 1 is 1.04 bits per heavy atom. The lowest BCUT2D eigenvalue weighted by molar-refractivity contribution is -0.115. The minimum Gasteiger partial charge on any atom is -0.325 e. The second-order valence-corrected chi connectivity index (χ2v) is 7.60. The largest absolute Gasteiger partial charge is 0.325 e. The molecule has 0 aliphatic rings. The van der Waals surface area contributed by atoms with Gasteiger partial charge < -0.3 is 5.32 Å². The van der Waals surface area contributed by atoms with Crippen molar-refractivity contribution in [2.75, 3.05) is 5.32 Å². The molecule has 0 aliphatic carbocycles. The molecule has 0 aliphatic heterocycles. The molecule has 2 aromatic rings. The second-order valence-electron chi connectivity index (χ2n) is 6.29. The van der Waals surface area contributed by atoms with Crippen LogP contribution in [0.2, 0.25) is 0 Å². The van der Waals surface area contributed by atoms with E-state index in [0.29, 0.717) is 11.1 Å². The molecule has 0 radical (unpaired) electrons. The van der Waals surface area contributed by atoms with Crippen molar-refractivity contribution in [2.24, 2.45) is 0 Å². The molecule has 0 bridgehead atoms. The first-order chi connectivity index (χ1) is 11.3. The van der Waals surface area contributed by atoms with Crippen molar-refractivity contribution in [3.8, 4) is 0 Å². The Morgan fingerprint density at radius 3 is 2.21 bits per heavy atom. The lowest BCUT2D eigenvalue weighted by Crippen LogP contribution is -2.23. The van der Waals surface area contributed by atoms with Gasteiger partial charge >= 0.3 is 0 Å². The highest BCUT2D eigenvalue weighted by Crippen LogP contribution is 2.26. The van der Waals surface area contributed by atoms with Crippen LogP contribution in [-0.4, -0.2) is 21.1 Å². The number of amides is 1.